The minimum Gasteiger partial charge on any atom is -0.505 e. The fourth-order valence-corrected chi connectivity index (χ4v) is 4.25. The summed E-state index contributed by atoms with van der Waals surface area (Å²) in [5, 5.41) is 12.4. The van der Waals surface area contributed by atoms with Crippen molar-refractivity contribution in [1.29, 1.82) is 0 Å². The minimum absolute atomic E-state index is 0.102. The van der Waals surface area contributed by atoms with Crippen molar-refractivity contribution in [3.8, 4) is 11.4 Å². The zero-order valence-electron chi connectivity index (χ0n) is 19.8. The van der Waals surface area contributed by atoms with Gasteiger partial charge < -0.3 is 10.4 Å². The van der Waals surface area contributed by atoms with E-state index in [1.807, 2.05) is 49.0 Å². The van der Waals surface area contributed by atoms with Crippen LogP contribution in [0.1, 0.15) is 62.6 Å². The van der Waals surface area contributed by atoms with E-state index < -0.39 is 5.82 Å². The molecule has 0 fully saturated rings. The van der Waals surface area contributed by atoms with E-state index in [0.29, 0.717) is 5.69 Å². The smallest absolute Gasteiger partial charge is 0.274 e. The molecule has 0 spiro atoms. The number of nitrogens with one attached hydrogen (secondary N) is 1. The summed E-state index contributed by atoms with van der Waals surface area (Å²) in [6.45, 7) is 2.84. The van der Waals surface area contributed by atoms with Crippen molar-refractivity contribution in [2.45, 2.75) is 64.7 Å². The second-order valence-corrected chi connectivity index (χ2v) is 8.71. The van der Waals surface area contributed by atoms with Gasteiger partial charge in [0.1, 0.15) is 0 Å². The van der Waals surface area contributed by atoms with Crippen LogP contribution in [-0.4, -0.2) is 21.0 Å². The Morgan fingerprint density at radius 1 is 0.909 bits per heavy atom. The van der Waals surface area contributed by atoms with Crippen LogP contribution in [0.4, 0.5) is 10.1 Å². The van der Waals surface area contributed by atoms with E-state index in [-0.39, 0.29) is 11.3 Å². The Hall–Kier alpha value is -3.02. The largest absolute Gasteiger partial charge is 0.505 e. The number of rotatable bonds is 13. The van der Waals surface area contributed by atoms with Gasteiger partial charge in [-0.3, -0.25) is 9.48 Å². The third-order valence-corrected chi connectivity index (χ3v) is 6.30. The molecule has 2 aromatic carbocycles. The summed E-state index contributed by atoms with van der Waals surface area (Å²) in [6, 6.07) is 14.2. The number of hydrogen-bond donors (Lipinski definition) is 2. The lowest BCUT2D eigenvalue weighted by molar-refractivity contribution is 0.432. The first kappa shape index (κ1) is 24.6. The highest BCUT2D eigenvalue weighted by molar-refractivity contribution is 5.46. The summed E-state index contributed by atoms with van der Waals surface area (Å²) in [6.07, 6.45) is 10.1. The van der Waals surface area contributed by atoms with Crippen molar-refractivity contribution < 1.29 is 9.50 Å². The highest BCUT2D eigenvalue weighted by Gasteiger charge is 2.15. The maximum atomic E-state index is 13.3. The number of aromatic nitrogens is 2. The number of para-hydroxylation sites is 1. The monoisotopic (exact) mass is 453 g/mol. The first-order chi connectivity index (χ1) is 16.0. The molecule has 3 rings (SSSR count). The van der Waals surface area contributed by atoms with Crippen molar-refractivity contribution in [3.63, 3.8) is 0 Å². The van der Waals surface area contributed by atoms with Crippen LogP contribution in [0.3, 0.4) is 0 Å². The summed E-state index contributed by atoms with van der Waals surface area (Å²) >= 11 is 0. The van der Waals surface area contributed by atoms with Crippen LogP contribution < -0.4 is 10.9 Å². The van der Waals surface area contributed by atoms with Crippen LogP contribution >= 0.6 is 0 Å². The van der Waals surface area contributed by atoms with Gasteiger partial charge in [0.2, 0.25) is 0 Å². The molecule has 1 aromatic heterocycles. The second-order valence-electron chi connectivity index (χ2n) is 8.71. The number of halogens is 1. The predicted octanol–water partition coefficient (Wildman–Crippen LogP) is 6.10. The van der Waals surface area contributed by atoms with Gasteiger partial charge in [0.05, 0.1) is 5.69 Å². The molecule has 0 saturated heterocycles. The predicted molar refractivity (Wildman–Crippen MR) is 133 cm³/mol. The fraction of sp³-hybridized carbons (Fsp3) is 0.444. The average molecular weight is 454 g/mol. The van der Waals surface area contributed by atoms with Crippen LogP contribution in [0.2, 0.25) is 0 Å². The lowest BCUT2D eigenvalue weighted by Gasteiger charge is -2.07. The van der Waals surface area contributed by atoms with Gasteiger partial charge in [-0.05, 0) is 50.5 Å². The molecule has 0 atom stereocenters. The van der Waals surface area contributed by atoms with Gasteiger partial charge in [-0.25, -0.2) is 9.07 Å². The van der Waals surface area contributed by atoms with E-state index >= 15 is 0 Å². The Labute approximate surface area is 195 Å². The molecule has 1 heterocycles. The molecule has 0 bridgehead atoms. The molecule has 178 valence electrons. The summed E-state index contributed by atoms with van der Waals surface area (Å²) in [4.78, 5) is 12.9. The first-order valence-electron chi connectivity index (χ1n) is 12.0. The van der Waals surface area contributed by atoms with E-state index in [2.05, 4.69) is 5.32 Å². The molecule has 0 unspecified atom stereocenters. The molecule has 2 N–H and O–H groups in total. The molecule has 3 aromatic rings. The van der Waals surface area contributed by atoms with E-state index in [0.717, 1.165) is 55.6 Å². The zero-order valence-corrected chi connectivity index (χ0v) is 19.8. The number of benzene rings is 2. The van der Waals surface area contributed by atoms with Crippen molar-refractivity contribution >= 4 is 5.69 Å². The van der Waals surface area contributed by atoms with Gasteiger partial charge >= 0.3 is 0 Å². The van der Waals surface area contributed by atoms with Gasteiger partial charge in [-0.15, -0.1) is 0 Å². The van der Waals surface area contributed by atoms with Crippen LogP contribution in [0, 0.1) is 12.7 Å². The molecule has 0 aliphatic rings. The van der Waals surface area contributed by atoms with Crippen molar-refractivity contribution in [1.82, 2.24) is 9.36 Å². The molecule has 0 amide bonds. The first-order valence-corrected chi connectivity index (χ1v) is 12.0. The minimum atomic E-state index is -0.593. The molecular weight excluding hydrogens is 417 g/mol. The van der Waals surface area contributed by atoms with Gasteiger partial charge in [-0.2, -0.15) is 0 Å². The number of nitrogens with zero attached hydrogens (tertiary/aromatic N) is 2. The van der Waals surface area contributed by atoms with Crippen LogP contribution in [0.15, 0.2) is 53.3 Å². The van der Waals surface area contributed by atoms with Gasteiger partial charge in [-0.1, -0.05) is 56.7 Å². The number of aromatic hydroxyl groups is 1. The summed E-state index contributed by atoms with van der Waals surface area (Å²) in [7, 11) is 1.95. The normalized spacial score (nSPS) is 11.1. The molecule has 0 radical (unpaired) electrons. The average Bonchev–Trinajstić information content (AvgIpc) is 3.03. The number of unbranched alkanes of at least 4 members (excludes halogenated alkanes) is 7. The molecule has 0 saturated carbocycles. The maximum Gasteiger partial charge on any atom is 0.274 e. The van der Waals surface area contributed by atoms with Crippen LogP contribution in [0.5, 0.6) is 5.75 Å². The van der Waals surface area contributed by atoms with Crippen LogP contribution in [0.25, 0.3) is 5.69 Å². The maximum absolute atomic E-state index is 13.3. The lowest BCUT2D eigenvalue weighted by atomic mass is 10.0. The molecule has 5 nitrogen and oxygen atoms in total. The Kier molecular flexibility index (Phi) is 9.16. The quantitative estimate of drug-likeness (QED) is 0.243. The van der Waals surface area contributed by atoms with E-state index in [1.54, 1.807) is 10.7 Å². The van der Waals surface area contributed by atoms with E-state index in [9.17, 15) is 14.3 Å². The zero-order chi connectivity index (χ0) is 23.6. The molecular formula is C27H36FN3O2. The van der Waals surface area contributed by atoms with Gasteiger partial charge in [0, 0.05) is 36.6 Å². The SMILES string of the molecule is Cc1c(CCCCCCCCCCNc2ccc(O)c(F)c2)c(=O)n(-c2ccccc2)n1C. The fourth-order valence-electron chi connectivity index (χ4n) is 4.25. The summed E-state index contributed by atoms with van der Waals surface area (Å²) < 4.78 is 17.0. The molecule has 0 aliphatic carbocycles. The molecule has 33 heavy (non-hydrogen) atoms. The Morgan fingerprint density at radius 3 is 2.21 bits per heavy atom. The van der Waals surface area contributed by atoms with E-state index in [1.165, 1.54) is 37.8 Å². The Morgan fingerprint density at radius 2 is 1.55 bits per heavy atom. The summed E-state index contributed by atoms with van der Waals surface area (Å²) in [5.74, 6) is -0.909. The second kappa shape index (κ2) is 12.3. The highest BCUT2D eigenvalue weighted by Crippen LogP contribution is 2.19. The third-order valence-electron chi connectivity index (χ3n) is 6.30. The number of phenols is 1. The Balaban J connectivity index is 1.28. The lowest BCUT2D eigenvalue weighted by Crippen LogP contribution is -2.20. The van der Waals surface area contributed by atoms with Gasteiger partial charge in [0.25, 0.3) is 5.56 Å². The molecule has 0 aliphatic heterocycles. The Bertz CT molecular complexity index is 1070. The number of hydrogen-bond acceptors (Lipinski definition) is 3. The van der Waals surface area contributed by atoms with Crippen molar-refractivity contribution in [2.75, 3.05) is 11.9 Å². The van der Waals surface area contributed by atoms with E-state index in [4.69, 9.17) is 0 Å². The van der Waals surface area contributed by atoms with Gasteiger partial charge in [0.15, 0.2) is 11.6 Å². The number of anilines is 1. The summed E-state index contributed by atoms with van der Waals surface area (Å²) in [5.41, 5.74) is 3.69. The standard InChI is InChI=1S/C27H36FN3O2/c1-21-24(27(33)31(30(21)2)23-14-10-9-11-15-23)16-12-7-5-3-4-6-8-13-19-29-22-17-18-26(32)25(28)20-22/h9-11,14-15,17-18,20,29,32H,3-8,12-13,16,19H2,1-2H3. The third kappa shape index (κ3) is 6.73. The van der Waals surface area contributed by atoms with Crippen LogP contribution in [-0.2, 0) is 13.5 Å². The topological polar surface area (TPSA) is 59.2 Å². The van der Waals surface area contributed by atoms with Crippen molar-refractivity contribution in [3.05, 3.63) is 76.0 Å². The highest BCUT2D eigenvalue weighted by atomic mass is 19.1. The van der Waals surface area contributed by atoms with Crippen molar-refractivity contribution in [2.24, 2.45) is 7.05 Å². The molecule has 6 heteroatoms. The number of phenolic OH excluding ortho intramolecular Hbond substituents is 1.